The number of aryl methyl sites for hydroxylation is 1. The van der Waals surface area contributed by atoms with Crippen molar-refractivity contribution in [2.24, 2.45) is 0 Å². The molecule has 0 spiro atoms. The number of para-hydroxylation sites is 1. The highest BCUT2D eigenvalue weighted by Gasteiger charge is 2.07. The fourth-order valence-electron chi connectivity index (χ4n) is 2.29. The van der Waals surface area contributed by atoms with Crippen LogP contribution in [0.15, 0.2) is 48.8 Å². The number of fused-ring (bicyclic) bond motifs is 1. The summed E-state index contributed by atoms with van der Waals surface area (Å²) >= 11 is 0. The molecular formula is C17H16N4O2. The van der Waals surface area contributed by atoms with Crippen molar-refractivity contribution in [3.63, 3.8) is 0 Å². The van der Waals surface area contributed by atoms with Crippen LogP contribution in [0.4, 0.5) is 11.5 Å². The van der Waals surface area contributed by atoms with Crippen molar-refractivity contribution in [2.45, 2.75) is 6.92 Å². The molecule has 3 aromatic rings. The number of hydrogen-bond donors (Lipinski definition) is 3. The largest absolute Gasteiger partial charge is 0.508 e. The zero-order valence-electron chi connectivity index (χ0n) is 12.6. The Balaban J connectivity index is 1.69. The van der Waals surface area contributed by atoms with Gasteiger partial charge in [0, 0.05) is 11.1 Å². The van der Waals surface area contributed by atoms with Gasteiger partial charge in [-0.3, -0.25) is 4.79 Å². The predicted molar refractivity (Wildman–Crippen MR) is 89.5 cm³/mol. The molecule has 1 amide bonds. The average molecular weight is 308 g/mol. The maximum Gasteiger partial charge on any atom is 0.243 e. The van der Waals surface area contributed by atoms with Gasteiger partial charge in [-0.05, 0) is 42.8 Å². The van der Waals surface area contributed by atoms with E-state index in [-0.39, 0.29) is 18.2 Å². The van der Waals surface area contributed by atoms with E-state index in [1.807, 2.05) is 31.2 Å². The number of benzene rings is 2. The Morgan fingerprint density at radius 3 is 2.83 bits per heavy atom. The van der Waals surface area contributed by atoms with Gasteiger partial charge in [0.15, 0.2) is 0 Å². The Hall–Kier alpha value is -3.15. The van der Waals surface area contributed by atoms with Crippen LogP contribution in [0.2, 0.25) is 0 Å². The number of nitrogens with one attached hydrogen (secondary N) is 2. The van der Waals surface area contributed by atoms with E-state index in [9.17, 15) is 9.90 Å². The molecule has 0 atom stereocenters. The smallest absolute Gasteiger partial charge is 0.243 e. The molecule has 0 bridgehead atoms. The first-order valence-electron chi connectivity index (χ1n) is 7.16. The number of anilines is 2. The molecule has 2 aromatic carbocycles. The minimum absolute atomic E-state index is 0.0846. The Labute approximate surface area is 133 Å². The van der Waals surface area contributed by atoms with Crippen molar-refractivity contribution in [1.82, 2.24) is 9.97 Å². The summed E-state index contributed by atoms with van der Waals surface area (Å²) in [6.07, 6.45) is 1.46. The molecule has 0 aliphatic carbocycles. The number of rotatable bonds is 4. The average Bonchev–Trinajstić information content (AvgIpc) is 2.55. The molecular weight excluding hydrogens is 292 g/mol. The molecule has 0 fully saturated rings. The SMILES string of the molecule is Cc1cc(O)ccc1NC(=O)CNc1ncnc2ccccc12. The van der Waals surface area contributed by atoms with Crippen molar-refractivity contribution in [3.8, 4) is 5.75 Å². The minimum atomic E-state index is -0.193. The Bertz CT molecular complexity index is 859. The van der Waals surface area contributed by atoms with E-state index >= 15 is 0 Å². The summed E-state index contributed by atoms with van der Waals surface area (Å²) in [5.74, 6) is 0.598. The van der Waals surface area contributed by atoms with Gasteiger partial charge in [0.2, 0.25) is 5.91 Å². The maximum absolute atomic E-state index is 12.1. The van der Waals surface area contributed by atoms with Gasteiger partial charge < -0.3 is 15.7 Å². The highest BCUT2D eigenvalue weighted by Crippen LogP contribution is 2.20. The second-order valence-corrected chi connectivity index (χ2v) is 5.14. The van der Waals surface area contributed by atoms with Crippen LogP contribution in [0.1, 0.15) is 5.56 Å². The fraction of sp³-hybridized carbons (Fsp3) is 0.118. The number of aromatic hydroxyl groups is 1. The lowest BCUT2D eigenvalue weighted by atomic mass is 10.2. The summed E-state index contributed by atoms with van der Waals surface area (Å²) in [5.41, 5.74) is 2.28. The van der Waals surface area contributed by atoms with Crippen molar-refractivity contribution >= 4 is 28.3 Å². The molecule has 0 saturated carbocycles. The van der Waals surface area contributed by atoms with Crippen LogP contribution in [0.3, 0.4) is 0 Å². The van der Waals surface area contributed by atoms with Crippen molar-refractivity contribution < 1.29 is 9.90 Å². The number of nitrogens with zero attached hydrogens (tertiary/aromatic N) is 2. The van der Waals surface area contributed by atoms with E-state index in [1.54, 1.807) is 12.1 Å². The van der Waals surface area contributed by atoms with Gasteiger partial charge in [-0.25, -0.2) is 9.97 Å². The fourth-order valence-corrected chi connectivity index (χ4v) is 2.29. The molecule has 6 heteroatoms. The van der Waals surface area contributed by atoms with Crippen molar-refractivity contribution in [3.05, 3.63) is 54.4 Å². The molecule has 0 saturated heterocycles. The molecule has 0 unspecified atom stereocenters. The number of aromatic nitrogens is 2. The third-order valence-electron chi connectivity index (χ3n) is 3.44. The van der Waals surface area contributed by atoms with Crippen LogP contribution in [0, 0.1) is 6.92 Å². The van der Waals surface area contributed by atoms with E-state index in [0.29, 0.717) is 11.5 Å². The second kappa shape index (κ2) is 6.31. The molecule has 0 radical (unpaired) electrons. The van der Waals surface area contributed by atoms with Gasteiger partial charge in [0.25, 0.3) is 0 Å². The summed E-state index contributed by atoms with van der Waals surface area (Å²) in [5, 5.41) is 16.1. The zero-order chi connectivity index (χ0) is 16.2. The molecule has 3 N–H and O–H groups in total. The molecule has 1 heterocycles. The monoisotopic (exact) mass is 308 g/mol. The normalized spacial score (nSPS) is 10.5. The molecule has 6 nitrogen and oxygen atoms in total. The first kappa shape index (κ1) is 14.8. The number of carbonyl (C=O) groups is 1. The highest BCUT2D eigenvalue weighted by molar-refractivity contribution is 5.96. The number of phenols is 1. The van der Waals surface area contributed by atoms with E-state index in [0.717, 1.165) is 16.5 Å². The van der Waals surface area contributed by atoms with Gasteiger partial charge in [0.1, 0.15) is 17.9 Å². The third-order valence-corrected chi connectivity index (χ3v) is 3.44. The summed E-state index contributed by atoms with van der Waals surface area (Å²) in [7, 11) is 0. The van der Waals surface area contributed by atoms with Crippen molar-refractivity contribution in [2.75, 3.05) is 17.2 Å². The summed E-state index contributed by atoms with van der Waals surface area (Å²) in [4.78, 5) is 20.4. The molecule has 116 valence electrons. The number of phenolic OH excluding ortho intramolecular Hbond substituents is 1. The summed E-state index contributed by atoms with van der Waals surface area (Å²) < 4.78 is 0. The van der Waals surface area contributed by atoms with Gasteiger partial charge in [0.05, 0.1) is 12.1 Å². The Kier molecular flexibility index (Phi) is 4.05. The zero-order valence-corrected chi connectivity index (χ0v) is 12.6. The van der Waals surface area contributed by atoms with Gasteiger partial charge in [-0.2, -0.15) is 0 Å². The van der Waals surface area contributed by atoms with Crippen LogP contribution >= 0.6 is 0 Å². The predicted octanol–water partition coefficient (Wildman–Crippen LogP) is 2.69. The van der Waals surface area contributed by atoms with Crippen LogP contribution < -0.4 is 10.6 Å². The minimum Gasteiger partial charge on any atom is -0.508 e. The van der Waals surface area contributed by atoms with E-state index in [2.05, 4.69) is 20.6 Å². The summed E-state index contributed by atoms with van der Waals surface area (Å²) in [6.45, 7) is 1.90. The maximum atomic E-state index is 12.1. The first-order chi connectivity index (χ1) is 11.1. The molecule has 0 aliphatic heterocycles. The molecule has 3 rings (SSSR count). The Morgan fingerprint density at radius 2 is 2.00 bits per heavy atom. The molecule has 1 aromatic heterocycles. The van der Waals surface area contributed by atoms with E-state index in [1.165, 1.54) is 12.4 Å². The van der Waals surface area contributed by atoms with Crippen LogP contribution in [-0.4, -0.2) is 27.5 Å². The first-order valence-corrected chi connectivity index (χ1v) is 7.16. The summed E-state index contributed by atoms with van der Waals surface area (Å²) in [6, 6.07) is 12.4. The van der Waals surface area contributed by atoms with Crippen molar-refractivity contribution in [1.29, 1.82) is 0 Å². The molecule has 0 aliphatic rings. The van der Waals surface area contributed by atoms with E-state index in [4.69, 9.17) is 0 Å². The standard InChI is InChI=1S/C17H16N4O2/c1-11-8-12(22)6-7-14(11)21-16(23)9-18-17-13-4-2-3-5-15(13)19-10-20-17/h2-8,10,22H,9H2,1H3,(H,21,23)(H,18,19,20). The lowest BCUT2D eigenvalue weighted by Crippen LogP contribution is -2.22. The van der Waals surface area contributed by atoms with Gasteiger partial charge in [-0.1, -0.05) is 12.1 Å². The lowest BCUT2D eigenvalue weighted by Gasteiger charge is -2.10. The van der Waals surface area contributed by atoms with Crippen LogP contribution in [0.5, 0.6) is 5.75 Å². The highest BCUT2D eigenvalue weighted by atomic mass is 16.3. The second-order valence-electron chi connectivity index (χ2n) is 5.14. The number of hydrogen-bond acceptors (Lipinski definition) is 5. The topological polar surface area (TPSA) is 87.1 Å². The third kappa shape index (κ3) is 3.37. The Morgan fingerprint density at radius 1 is 1.17 bits per heavy atom. The number of amides is 1. The molecule has 23 heavy (non-hydrogen) atoms. The van der Waals surface area contributed by atoms with Crippen LogP contribution in [0.25, 0.3) is 10.9 Å². The lowest BCUT2D eigenvalue weighted by molar-refractivity contribution is -0.114. The van der Waals surface area contributed by atoms with Crippen LogP contribution in [-0.2, 0) is 4.79 Å². The number of carbonyl (C=O) groups excluding carboxylic acids is 1. The van der Waals surface area contributed by atoms with E-state index < -0.39 is 0 Å². The van der Waals surface area contributed by atoms with Gasteiger partial charge in [-0.15, -0.1) is 0 Å². The van der Waals surface area contributed by atoms with Gasteiger partial charge >= 0.3 is 0 Å². The quantitative estimate of drug-likeness (QED) is 0.645.